The summed E-state index contributed by atoms with van der Waals surface area (Å²) in [7, 11) is 0. The molecule has 0 saturated heterocycles. The first-order valence-electron chi connectivity index (χ1n) is 11.2. The summed E-state index contributed by atoms with van der Waals surface area (Å²) in [6.07, 6.45) is 5.20. The van der Waals surface area contributed by atoms with Gasteiger partial charge in [0.1, 0.15) is 5.75 Å². The van der Waals surface area contributed by atoms with Gasteiger partial charge in [0.15, 0.2) is 0 Å². The zero-order valence-corrected chi connectivity index (χ0v) is 18.3. The number of carbonyl (C=O) groups is 1. The average molecular weight is 419 g/mol. The molecule has 1 aromatic heterocycles. The monoisotopic (exact) mass is 418 g/mol. The fraction of sp³-hybridized carbons (Fsp3) is 0.385. The Morgan fingerprint density at radius 3 is 2.52 bits per heavy atom. The number of rotatable bonds is 6. The van der Waals surface area contributed by atoms with Gasteiger partial charge in [-0.2, -0.15) is 0 Å². The Labute approximate surface area is 183 Å². The highest BCUT2D eigenvalue weighted by Crippen LogP contribution is 2.29. The fourth-order valence-corrected chi connectivity index (χ4v) is 4.40. The Bertz CT molecular complexity index is 1110. The van der Waals surface area contributed by atoms with Crippen molar-refractivity contribution in [2.24, 2.45) is 5.92 Å². The molecule has 1 N–H and O–H groups in total. The van der Waals surface area contributed by atoms with Crippen molar-refractivity contribution < 1.29 is 9.53 Å². The van der Waals surface area contributed by atoms with E-state index in [2.05, 4.69) is 4.98 Å². The first-order chi connectivity index (χ1) is 15.0. The number of pyridine rings is 1. The van der Waals surface area contributed by atoms with Crippen LogP contribution in [-0.2, 0) is 11.3 Å². The number of carbonyl (C=O) groups excluding carboxylic acids is 1. The highest BCUT2D eigenvalue weighted by Gasteiger charge is 2.27. The molecule has 1 aliphatic carbocycles. The SMILES string of the molecule is CCOc1ccc(N(Cc2cc3ccc(C)cc3[nH]c2=O)C(=O)C2CCCCC2)cc1. The first-order valence-corrected chi connectivity index (χ1v) is 11.2. The van der Waals surface area contributed by atoms with Crippen LogP contribution < -0.4 is 15.2 Å². The number of aromatic amines is 1. The number of aromatic nitrogens is 1. The highest BCUT2D eigenvalue weighted by atomic mass is 16.5. The number of hydrogen-bond donors (Lipinski definition) is 1. The molecule has 1 saturated carbocycles. The molecule has 0 radical (unpaired) electrons. The maximum absolute atomic E-state index is 13.5. The standard InChI is InChI=1S/C26H30N2O3/c1-3-31-23-13-11-22(12-14-23)28(26(30)19-7-5-4-6-8-19)17-21-16-20-10-9-18(2)15-24(20)27-25(21)29/h9-16,19H,3-8,17H2,1-2H3,(H,27,29). The zero-order chi connectivity index (χ0) is 21.8. The van der Waals surface area contributed by atoms with Gasteiger partial charge in [-0.25, -0.2) is 0 Å². The number of ether oxygens (including phenoxy) is 1. The van der Waals surface area contributed by atoms with E-state index in [1.807, 2.05) is 62.4 Å². The molecule has 4 rings (SSSR count). The van der Waals surface area contributed by atoms with Crippen LogP contribution in [0.2, 0.25) is 0 Å². The minimum Gasteiger partial charge on any atom is -0.494 e. The topological polar surface area (TPSA) is 62.4 Å². The summed E-state index contributed by atoms with van der Waals surface area (Å²) < 4.78 is 5.55. The van der Waals surface area contributed by atoms with E-state index < -0.39 is 0 Å². The maximum atomic E-state index is 13.5. The minimum atomic E-state index is -0.148. The number of nitrogens with zero attached hydrogens (tertiary/aromatic N) is 1. The van der Waals surface area contributed by atoms with Crippen LogP contribution in [0, 0.1) is 12.8 Å². The third-order valence-electron chi connectivity index (χ3n) is 6.09. The quantitative estimate of drug-likeness (QED) is 0.587. The summed E-state index contributed by atoms with van der Waals surface area (Å²) in [5.41, 5.74) is 3.15. The van der Waals surface area contributed by atoms with E-state index in [4.69, 9.17) is 4.74 Å². The van der Waals surface area contributed by atoms with Crippen molar-refractivity contribution in [3.05, 3.63) is 70.0 Å². The Morgan fingerprint density at radius 2 is 1.81 bits per heavy atom. The Hall–Kier alpha value is -3.08. The zero-order valence-electron chi connectivity index (χ0n) is 18.3. The van der Waals surface area contributed by atoms with Crippen molar-refractivity contribution in [1.29, 1.82) is 0 Å². The number of H-pyrrole nitrogens is 1. The first kappa shape index (κ1) is 21.2. The molecule has 1 fully saturated rings. The van der Waals surface area contributed by atoms with E-state index in [0.717, 1.165) is 53.6 Å². The van der Waals surface area contributed by atoms with E-state index in [-0.39, 0.29) is 23.9 Å². The largest absolute Gasteiger partial charge is 0.494 e. The molecule has 0 aliphatic heterocycles. The number of fused-ring (bicyclic) bond motifs is 1. The molecule has 1 aliphatic rings. The van der Waals surface area contributed by atoms with Crippen LogP contribution >= 0.6 is 0 Å². The second-order valence-corrected chi connectivity index (χ2v) is 8.40. The highest BCUT2D eigenvalue weighted by molar-refractivity contribution is 5.95. The van der Waals surface area contributed by atoms with E-state index in [9.17, 15) is 9.59 Å². The number of aryl methyl sites for hydroxylation is 1. The van der Waals surface area contributed by atoms with Gasteiger partial charge in [-0.1, -0.05) is 31.4 Å². The Morgan fingerprint density at radius 1 is 1.06 bits per heavy atom. The van der Waals surface area contributed by atoms with Gasteiger partial charge >= 0.3 is 0 Å². The second kappa shape index (κ2) is 9.38. The lowest BCUT2D eigenvalue weighted by Crippen LogP contribution is -2.38. The van der Waals surface area contributed by atoms with Crippen LogP contribution in [0.4, 0.5) is 5.69 Å². The fourth-order valence-electron chi connectivity index (χ4n) is 4.40. The lowest BCUT2D eigenvalue weighted by Gasteiger charge is -2.29. The Balaban J connectivity index is 1.69. The van der Waals surface area contributed by atoms with Crippen LogP contribution in [0.15, 0.2) is 53.3 Å². The third kappa shape index (κ3) is 4.82. The van der Waals surface area contributed by atoms with Crippen LogP contribution in [0.5, 0.6) is 5.75 Å². The molecular weight excluding hydrogens is 388 g/mol. The summed E-state index contributed by atoms with van der Waals surface area (Å²) in [6.45, 7) is 4.79. The summed E-state index contributed by atoms with van der Waals surface area (Å²) in [5, 5.41) is 0.969. The maximum Gasteiger partial charge on any atom is 0.253 e. The van der Waals surface area contributed by atoms with Crippen LogP contribution in [0.25, 0.3) is 10.9 Å². The summed E-state index contributed by atoms with van der Waals surface area (Å²) in [5.74, 6) is 0.894. The van der Waals surface area contributed by atoms with E-state index in [0.29, 0.717) is 12.2 Å². The molecule has 5 nitrogen and oxygen atoms in total. The van der Waals surface area contributed by atoms with Gasteiger partial charge in [-0.05, 0) is 74.0 Å². The smallest absolute Gasteiger partial charge is 0.253 e. The molecule has 5 heteroatoms. The molecule has 0 atom stereocenters. The van der Waals surface area contributed by atoms with Crippen molar-refractivity contribution >= 4 is 22.5 Å². The van der Waals surface area contributed by atoms with Gasteiger partial charge in [0.05, 0.1) is 13.2 Å². The van der Waals surface area contributed by atoms with Gasteiger partial charge < -0.3 is 14.6 Å². The lowest BCUT2D eigenvalue weighted by atomic mass is 9.88. The molecule has 162 valence electrons. The van der Waals surface area contributed by atoms with E-state index in [1.54, 1.807) is 4.90 Å². The van der Waals surface area contributed by atoms with E-state index >= 15 is 0 Å². The summed E-state index contributed by atoms with van der Waals surface area (Å²) in [4.78, 5) is 31.1. The molecule has 31 heavy (non-hydrogen) atoms. The number of benzene rings is 2. The summed E-state index contributed by atoms with van der Waals surface area (Å²) >= 11 is 0. The molecule has 2 aromatic carbocycles. The van der Waals surface area contributed by atoms with Gasteiger partial charge in [-0.15, -0.1) is 0 Å². The summed E-state index contributed by atoms with van der Waals surface area (Å²) in [6, 6.07) is 15.5. The van der Waals surface area contributed by atoms with Crippen molar-refractivity contribution in [2.45, 2.75) is 52.5 Å². The molecule has 1 heterocycles. The van der Waals surface area contributed by atoms with Gasteiger partial charge in [0.2, 0.25) is 5.91 Å². The Kier molecular flexibility index (Phi) is 6.40. The number of hydrogen-bond acceptors (Lipinski definition) is 3. The van der Waals surface area contributed by atoms with Crippen LogP contribution in [0.1, 0.15) is 50.2 Å². The molecule has 0 spiro atoms. The van der Waals surface area contributed by atoms with Crippen molar-refractivity contribution in [3.63, 3.8) is 0 Å². The minimum absolute atomic E-state index is 0.0162. The molecule has 1 amide bonds. The van der Waals surface area contributed by atoms with Gasteiger partial charge in [-0.3, -0.25) is 9.59 Å². The van der Waals surface area contributed by atoms with Gasteiger partial charge in [0, 0.05) is 22.7 Å². The predicted octanol–water partition coefficient (Wildman–Crippen LogP) is 5.35. The average Bonchev–Trinajstić information content (AvgIpc) is 2.79. The van der Waals surface area contributed by atoms with Crippen molar-refractivity contribution in [1.82, 2.24) is 4.98 Å². The van der Waals surface area contributed by atoms with Crippen LogP contribution in [-0.4, -0.2) is 17.5 Å². The van der Waals surface area contributed by atoms with Gasteiger partial charge in [0.25, 0.3) is 5.56 Å². The molecule has 0 unspecified atom stereocenters. The van der Waals surface area contributed by atoms with Crippen LogP contribution in [0.3, 0.4) is 0 Å². The normalized spacial score (nSPS) is 14.5. The van der Waals surface area contributed by atoms with Crippen molar-refractivity contribution in [3.8, 4) is 5.75 Å². The number of nitrogens with one attached hydrogen (secondary N) is 1. The molecule has 3 aromatic rings. The van der Waals surface area contributed by atoms with Crippen molar-refractivity contribution in [2.75, 3.05) is 11.5 Å². The third-order valence-corrected chi connectivity index (χ3v) is 6.09. The number of anilines is 1. The molecular formula is C26H30N2O3. The lowest BCUT2D eigenvalue weighted by molar-refractivity contribution is -0.123. The second-order valence-electron chi connectivity index (χ2n) is 8.40. The predicted molar refractivity (Wildman–Crippen MR) is 125 cm³/mol. The van der Waals surface area contributed by atoms with E-state index in [1.165, 1.54) is 6.42 Å². The number of amides is 1. The molecule has 0 bridgehead atoms.